The molecule has 2 heterocycles. The largest absolute Gasteiger partial charge is 0.343 e. The van der Waals surface area contributed by atoms with Gasteiger partial charge in [-0.2, -0.15) is 0 Å². The number of anilines is 1. The molecular formula is C21H28N4O2S. The van der Waals surface area contributed by atoms with Crippen molar-refractivity contribution in [2.75, 3.05) is 25.0 Å². The first-order valence-electron chi connectivity index (χ1n) is 9.70. The van der Waals surface area contributed by atoms with Gasteiger partial charge in [-0.3, -0.25) is 14.5 Å². The highest BCUT2D eigenvalue weighted by Gasteiger charge is 2.22. The van der Waals surface area contributed by atoms with E-state index >= 15 is 0 Å². The summed E-state index contributed by atoms with van der Waals surface area (Å²) in [6, 6.07) is 7.24. The molecule has 1 fully saturated rings. The Morgan fingerprint density at radius 2 is 1.86 bits per heavy atom. The SMILES string of the molecule is Cc1ccc(C(=O)NCC(=O)Nc2nc(CN3C[C@H](C)C[C@@H](C)C3)cs2)cc1. The molecular weight excluding hydrogens is 372 g/mol. The molecule has 6 nitrogen and oxygen atoms in total. The fraction of sp³-hybridized carbons (Fsp3) is 0.476. The van der Waals surface area contributed by atoms with E-state index in [4.69, 9.17) is 0 Å². The monoisotopic (exact) mass is 400 g/mol. The number of rotatable bonds is 6. The number of nitrogens with one attached hydrogen (secondary N) is 2. The molecule has 1 aliphatic heterocycles. The molecule has 150 valence electrons. The molecule has 0 unspecified atom stereocenters. The van der Waals surface area contributed by atoms with Crippen LogP contribution in [-0.2, 0) is 11.3 Å². The van der Waals surface area contributed by atoms with Crippen LogP contribution in [0.5, 0.6) is 0 Å². The minimum absolute atomic E-state index is 0.0806. The maximum absolute atomic E-state index is 12.1. The first-order chi connectivity index (χ1) is 13.4. The van der Waals surface area contributed by atoms with E-state index in [1.165, 1.54) is 17.8 Å². The van der Waals surface area contributed by atoms with E-state index in [0.717, 1.165) is 30.9 Å². The van der Waals surface area contributed by atoms with Gasteiger partial charge in [-0.15, -0.1) is 11.3 Å². The molecule has 0 spiro atoms. The van der Waals surface area contributed by atoms with Crippen LogP contribution in [-0.4, -0.2) is 41.3 Å². The van der Waals surface area contributed by atoms with Crippen LogP contribution in [0.4, 0.5) is 5.13 Å². The Bertz CT molecular complexity index is 808. The number of carbonyl (C=O) groups excluding carboxylic acids is 2. The van der Waals surface area contributed by atoms with Crippen LogP contribution in [0, 0.1) is 18.8 Å². The molecule has 28 heavy (non-hydrogen) atoms. The van der Waals surface area contributed by atoms with Crippen LogP contribution in [0.15, 0.2) is 29.6 Å². The predicted molar refractivity (Wildman–Crippen MR) is 112 cm³/mol. The second kappa shape index (κ2) is 9.30. The molecule has 3 rings (SSSR count). The lowest BCUT2D eigenvalue weighted by atomic mass is 9.92. The molecule has 2 atom stereocenters. The number of benzene rings is 1. The van der Waals surface area contributed by atoms with Gasteiger partial charge in [0.2, 0.25) is 5.91 Å². The van der Waals surface area contributed by atoms with Crippen molar-refractivity contribution in [2.45, 2.75) is 33.7 Å². The van der Waals surface area contributed by atoms with E-state index in [9.17, 15) is 9.59 Å². The average molecular weight is 401 g/mol. The van der Waals surface area contributed by atoms with Gasteiger partial charge in [-0.1, -0.05) is 31.5 Å². The summed E-state index contributed by atoms with van der Waals surface area (Å²) in [5, 5.41) is 7.97. The fourth-order valence-electron chi connectivity index (χ4n) is 3.72. The third-order valence-corrected chi connectivity index (χ3v) is 5.66. The topological polar surface area (TPSA) is 74.3 Å². The van der Waals surface area contributed by atoms with Crippen molar-refractivity contribution in [3.05, 3.63) is 46.5 Å². The summed E-state index contributed by atoms with van der Waals surface area (Å²) in [5.41, 5.74) is 2.60. The third kappa shape index (κ3) is 5.87. The number of aromatic nitrogens is 1. The Morgan fingerprint density at radius 1 is 1.18 bits per heavy atom. The van der Waals surface area contributed by atoms with Crippen LogP contribution >= 0.6 is 11.3 Å². The molecule has 7 heteroatoms. The molecule has 1 saturated heterocycles. The predicted octanol–water partition coefficient (Wildman–Crippen LogP) is 3.30. The van der Waals surface area contributed by atoms with Gasteiger partial charge < -0.3 is 10.6 Å². The van der Waals surface area contributed by atoms with Crippen LogP contribution in [0.1, 0.15) is 41.9 Å². The standard InChI is InChI=1S/C21H28N4O2S/c1-14-4-6-17(7-5-14)20(27)22-9-19(26)24-21-23-18(13-28-21)12-25-10-15(2)8-16(3)11-25/h4-7,13,15-16H,8-12H2,1-3H3,(H,22,27)(H,23,24,26)/t15-,16-/m1/s1. The van der Waals surface area contributed by atoms with E-state index in [-0.39, 0.29) is 18.4 Å². The van der Waals surface area contributed by atoms with Gasteiger partial charge in [-0.05, 0) is 37.3 Å². The van der Waals surface area contributed by atoms with Gasteiger partial charge in [0.15, 0.2) is 5.13 Å². The lowest BCUT2D eigenvalue weighted by Crippen LogP contribution is -2.38. The van der Waals surface area contributed by atoms with Crippen LogP contribution in [0.2, 0.25) is 0 Å². The molecule has 2 N–H and O–H groups in total. The van der Waals surface area contributed by atoms with E-state index < -0.39 is 0 Å². The molecule has 0 radical (unpaired) electrons. The van der Waals surface area contributed by atoms with E-state index in [1.54, 1.807) is 12.1 Å². The van der Waals surface area contributed by atoms with E-state index in [2.05, 4.69) is 34.4 Å². The molecule has 2 aromatic rings. The maximum Gasteiger partial charge on any atom is 0.251 e. The molecule has 0 bridgehead atoms. The number of carbonyl (C=O) groups is 2. The second-order valence-electron chi connectivity index (χ2n) is 7.88. The van der Waals surface area contributed by atoms with Crippen molar-refractivity contribution in [2.24, 2.45) is 11.8 Å². The lowest BCUT2D eigenvalue weighted by molar-refractivity contribution is -0.115. The van der Waals surface area contributed by atoms with Crippen molar-refractivity contribution in [3.8, 4) is 0 Å². The number of aryl methyl sites for hydroxylation is 1. The molecule has 0 aliphatic carbocycles. The summed E-state index contributed by atoms with van der Waals surface area (Å²) < 4.78 is 0. The minimum atomic E-state index is -0.276. The van der Waals surface area contributed by atoms with Crippen LogP contribution in [0.3, 0.4) is 0 Å². The van der Waals surface area contributed by atoms with Crippen molar-refractivity contribution in [3.63, 3.8) is 0 Å². The number of amides is 2. The highest BCUT2D eigenvalue weighted by molar-refractivity contribution is 7.13. The van der Waals surface area contributed by atoms with Gasteiger partial charge in [0, 0.05) is 30.6 Å². The molecule has 1 aliphatic rings. The van der Waals surface area contributed by atoms with E-state index in [0.29, 0.717) is 22.5 Å². The van der Waals surface area contributed by atoms with Gasteiger partial charge >= 0.3 is 0 Å². The van der Waals surface area contributed by atoms with Gasteiger partial charge in [-0.25, -0.2) is 4.98 Å². The summed E-state index contributed by atoms with van der Waals surface area (Å²) in [4.78, 5) is 31.2. The van der Waals surface area contributed by atoms with Gasteiger partial charge in [0.25, 0.3) is 5.91 Å². The summed E-state index contributed by atoms with van der Waals surface area (Å²) in [5.74, 6) is 0.877. The fourth-order valence-corrected chi connectivity index (χ4v) is 4.44. The Labute approximate surface area is 170 Å². The van der Waals surface area contributed by atoms with Crippen LogP contribution < -0.4 is 10.6 Å². The quantitative estimate of drug-likeness (QED) is 0.780. The van der Waals surface area contributed by atoms with Gasteiger partial charge in [0.05, 0.1) is 12.2 Å². The lowest BCUT2D eigenvalue weighted by Gasteiger charge is -2.34. The first kappa shape index (κ1) is 20.5. The van der Waals surface area contributed by atoms with Crippen molar-refractivity contribution >= 4 is 28.3 Å². The van der Waals surface area contributed by atoms with Gasteiger partial charge in [0.1, 0.15) is 0 Å². The Kier molecular flexibility index (Phi) is 6.80. The van der Waals surface area contributed by atoms with E-state index in [1.807, 2.05) is 24.4 Å². The van der Waals surface area contributed by atoms with Crippen LogP contribution in [0.25, 0.3) is 0 Å². The first-order valence-corrected chi connectivity index (χ1v) is 10.6. The zero-order valence-electron chi connectivity index (χ0n) is 16.7. The molecule has 0 saturated carbocycles. The number of hydrogen-bond acceptors (Lipinski definition) is 5. The molecule has 1 aromatic carbocycles. The Balaban J connectivity index is 1.46. The Morgan fingerprint density at radius 3 is 2.54 bits per heavy atom. The van der Waals surface area contributed by atoms with Crippen molar-refractivity contribution in [1.29, 1.82) is 0 Å². The number of thiazole rings is 1. The number of hydrogen-bond donors (Lipinski definition) is 2. The highest BCUT2D eigenvalue weighted by atomic mass is 32.1. The average Bonchev–Trinajstić information content (AvgIpc) is 3.06. The normalized spacial score (nSPS) is 20.0. The number of piperidine rings is 1. The Hall–Kier alpha value is -2.25. The third-order valence-electron chi connectivity index (χ3n) is 4.85. The maximum atomic E-state index is 12.1. The van der Waals surface area contributed by atoms with Crippen molar-refractivity contribution in [1.82, 2.24) is 15.2 Å². The summed E-state index contributed by atoms with van der Waals surface area (Å²) >= 11 is 1.42. The smallest absolute Gasteiger partial charge is 0.251 e. The molecule has 2 amide bonds. The second-order valence-corrected chi connectivity index (χ2v) is 8.74. The van der Waals surface area contributed by atoms with Crippen molar-refractivity contribution < 1.29 is 9.59 Å². The summed E-state index contributed by atoms with van der Waals surface area (Å²) in [7, 11) is 0. The summed E-state index contributed by atoms with van der Waals surface area (Å²) in [6.07, 6.45) is 1.28. The number of nitrogens with zero attached hydrogens (tertiary/aromatic N) is 2. The zero-order chi connectivity index (χ0) is 20.1. The molecule has 1 aromatic heterocycles. The highest BCUT2D eigenvalue weighted by Crippen LogP contribution is 2.23. The zero-order valence-corrected chi connectivity index (χ0v) is 17.5. The summed E-state index contributed by atoms with van der Waals surface area (Å²) in [6.45, 7) is 9.46. The number of likely N-dealkylation sites (tertiary alicyclic amines) is 1. The minimum Gasteiger partial charge on any atom is -0.343 e.